The van der Waals surface area contributed by atoms with Gasteiger partial charge in [-0.3, -0.25) is 14.4 Å². The molecule has 2 aliphatic heterocycles. The maximum Gasteiger partial charge on any atom is 0.306 e. The van der Waals surface area contributed by atoms with E-state index < -0.39 is 32.3 Å². The van der Waals surface area contributed by atoms with Gasteiger partial charge in [-0.1, -0.05) is 19.3 Å². The number of unbranched alkanes of at least 4 members (excludes halogenated alkanes) is 4. The van der Waals surface area contributed by atoms with Crippen LogP contribution in [-0.4, -0.2) is 64.7 Å². The number of fused-ring (bicyclic) bond motifs is 3. The number of rotatable bonds is 10. The highest BCUT2D eigenvalue weighted by atomic mass is 32.2. The number of carbonyl (C=O) groups excluding carboxylic acids is 2. The molecule has 51 heavy (non-hydrogen) atoms. The number of ether oxygens (including phenoxy) is 1. The van der Waals surface area contributed by atoms with Crippen molar-refractivity contribution in [2.45, 2.75) is 83.1 Å². The summed E-state index contributed by atoms with van der Waals surface area (Å²) in [5.41, 5.74) is 2.14. The van der Waals surface area contributed by atoms with Crippen LogP contribution in [0.15, 0.2) is 41.6 Å². The van der Waals surface area contributed by atoms with Crippen LogP contribution in [-0.2, 0) is 33.0 Å². The predicted octanol–water partition coefficient (Wildman–Crippen LogP) is 6.47. The Labute approximate surface area is 295 Å². The van der Waals surface area contributed by atoms with Gasteiger partial charge in [0.1, 0.15) is 16.9 Å². The van der Waals surface area contributed by atoms with Crippen LogP contribution in [0.2, 0.25) is 0 Å². The molecular weight excluding hydrogens is 680 g/mol. The molecule has 0 spiro atoms. The minimum Gasteiger partial charge on any atom is -0.460 e. The third-order valence-electron chi connectivity index (χ3n) is 9.48. The Morgan fingerprint density at radius 2 is 1.76 bits per heavy atom. The molecule has 14 heteroatoms. The first kappa shape index (κ1) is 36.2. The third-order valence-corrected chi connectivity index (χ3v) is 11.0. The molecule has 1 N–H and O–H groups in total. The molecule has 0 saturated heterocycles. The minimum absolute atomic E-state index is 0.0306. The lowest BCUT2D eigenvalue weighted by atomic mass is 9.93. The maximum atomic E-state index is 15.5. The van der Waals surface area contributed by atoms with Gasteiger partial charge in [-0.05, 0) is 63.3 Å². The Bertz CT molecular complexity index is 2190. The van der Waals surface area contributed by atoms with Gasteiger partial charge >= 0.3 is 5.97 Å². The van der Waals surface area contributed by atoms with Gasteiger partial charge in [-0.25, -0.2) is 22.2 Å². The fourth-order valence-corrected chi connectivity index (χ4v) is 8.35. The van der Waals surface area contributed by atoms with E-state index in [0.29, 0.717) is 64.7 Å². The molecule has 1 unspecified atom stereocenters. The van der Waals surface area contributed by atoms with E-state index in [9.17, 15) is 27.2 Å². The Balaban J connectivity index is 1.35. The summed E-state index contributed by atoms with van der Waals surface area (Å²) in [6, 6.07) is 4.01. The quantitative estimate of drug-likeness (QED) is 0.145. The van der Waals surface area contributed by atoms with Gasteiger partial charge in [0.05, 0.1) is 23.7 Å². The van der Waals surface area contributed by atoms with Crippen molar-refractivity contribution in [2.24, 2.45) is 7.05 Å². The SMILES string of the molecule is Cn1cc2c3c(c[nH]c3c1=O)CN(c1ncc(F)cc1F)c1cc3c(cc1-2)C(S(C)(=O)=O)CCN(CCCCCCCC(=O)OC(C)(C)C)C3=O. The number of hydrogen-bond donors (Lipinski definition) is 1. The largest absolute Gasteiger partial charge is 0.460 e. The van der Waals surface area contributed by atoms with Crippen molar-refractivity contribution in [3.05, 3.63) is 75.5 Å². The molecule has 5 heterocycles. The summed E-state index contributed by atoms with van der Waals surface area (Å²) in [5, 5.41) is -0.404. The maximum absolute atomic E-state index is 15.5. The topological polar surface area (TPSA) is 135 Å². The van der Waals surface area contributed by atoms with E-state index in [-0.39, 0.29) is 48.3 Å². The van der Waals surface area contributed by atoms with E-state index in [1.165, 1.54) is 9.47 Å². The van der Waals surface area contributed by atoms with Gasteiger partial charge in [0.25, 0.3) is 11.5 Å². The molecule has 4 aromatic rings. The Hall–Kier alpha value is -4.59. The van der Waals surface area contributed by atoms with Crippen LogP contribution in [0.3, 0.4) is 0 Å². The van der Waals surface area contributed by atoms with E-state index in [2.05, 4.69) is 9.97 Å². The number of sulfone groups is 1. The molecule has 0 aliphatic carbocycles. The number of nitrogens with zero attached hydrogens (tertiary/aromatic N) is 4. The Morgan fingerprint density at radius 1 is 1.04 bits per heavy atom. The summed E-state index contributed by atoms with van der Waals surface area (Å²) >= 11 is 0. The third kappa shape index (κ3) is 7.42. The summed E-state index contributed by atoms with van der Waals surface area (Å²) in [6.07, 6.45) is 9.81. The molecule has 1 aromatic carbocycles. The number of nitrogens with one attached hydrogen (secondary N) is 1. The molecule has 0 fully saturated rings. The van der Waals surface area contributed by atoms with Crippen LogP contribution >= 0.6 is 0 Å². The zero-order chi connectivity index (χ0) is 36.8. The number of aryl methyl sites for hydroxylation is 1. The zero-order valence-corrected chi connectivity index (χ0v) is 30.3. The second kappa shape index (κ2) is 13.9. The number of carbonyl (C=O) groups is 2. The molecule has 0 saturated carbocycles. The van der Waals surface area contributed by atoms with Crippen molar-refractivity contribution in [1.29, 1.82) is 0 Å². The molecule has 1 amide bonds. The van der Waals surface area contributed by atoms with E-state index in [4.69, 9.17) is 4.74 Å². The standard InChI is InChI=1S/C37H43F2N5O6S/c1-37(2,3)50-31(45)11-9-7-6-8-10-13-43-14-12-30(51(5,48)49)25-16-24-27-21-42(4)36(47)33-32(27)22(18-40-33)20-44(29(24)17-26(25)35(43)46)34-28(39)15-23(38)19-41-34/h15-19,21,30,40H,6-14,20H2,1-5H3. The van der Waals surface area contributed by atoms with Crippen LogP contribution in [0, 0.1) is 11.6 Å². The second-order valence-corrected chi connectivity index (χ2v) is 16.8. The Kier molecular flexibility index (Phi) is 9.83. The van der Waals surface area contributed by atoms with Crippen molar-refractivity contribution in [1.82, 2.24) is 19.4 Å². The number of H-pyrrole nitrogens is 1. The summed E-state index contributed by atoms with van der Waals surface area (Å²) in [7, 11) is -2.09. The number of aromatic nitrogens is 3. The average molecular weight is 724 g/mol. The molecular formula is C37H43F2N5O6S. The monoisotopic (exact) mass is 723 g/mol. The lowest BCUT2D eigenvalue weighted by molar-refractivity contribution is -0.154. The molecule has 3 aromatic heterocycles. The second-order valence-electron chi connectivity index (χ2n) is 14.5. The molecule has 0 radical (unpaired) electrons. The first-order valence-electron chi connectivity index (χ1n) is 17.2. The number of esters is 1. The number of benzene rings is 1. The zero-order valence-electron chi connectivity index (χ0n) is 29.5. The van der Waals surface area contributed by atoms with E-state index in [1.807, 2.05) is 20.8 Å². The average Bonchev–Trinajstić information content (AvgIpc) is 3.34. The highest BCUT2D eigenvalue weighted by Gasteiger charge is 2.37. The van der Waals surface area contributed by atoms with Gasteiger partial charge in [-0.15, -0.1) is 0 Å². The van der Waals surface area contributed by atoms with Gasteiger partial charge < -0.3 is 24.1 Å². The van der Waals surface area contributed by atoms with Gasteiger partial charge in [0.15, 0.2) is 21.5 Å². The predicted molar refractivity (Wildman–Crippen MR) is 191 cm³/mol. The number of aromatic amines is 1. The number of anilines is 2. The highest BCUT2D eigenvalue weighted by Crippen LogP contribution is 2.47. The van der Waals surface area contributed by atoms with Crippen LogP contribution in [0.4, 0.5) is 20.3 Å². The summed E-state index contributed by atoms with van der Waals surface area (Å²) in [4.78, 5) is 49.8. The molecule has 0 bridgehead atoms. The minimum atomic E-state index is -3.70. The first-order valence-corrected chi connectivity index (χ1v) is 19.2. The number of amides is 1. The molecule has 1 atom stereocenters. The van der Waals surface area contributed by atoms with Gasteiger partial charge in [0.2, 0.25) is 0 Å². The van der Waals surface area contributed by atoms with E-state index in [1.54, 1.807) is 36.5 Å². The fraction of sp³-hybridized carbons (Fsp3) is 0.459. The Morgan fingerprint density at radius 3 is 2.47 bits per heavy atom. The number of pyridine rings is 2. The molecule has 272 valence electrons. The smallest absolute Gasteiger partial charge is 0.306 e. The van der Waals surface area contributed by atoms with Crippen molar-refractivity contribution < 1.29 is 31.5 Å². The summed E-state index contributed by atoms with van der Waals surface area (Å²) < 4.78 is 62.9. The highest BCUT2D eigenvalue weighted by molar-refractivity contribution is 7.90. The first-order chi connectivity index (χ1) is 24.0. The summed E-state index contributed by atoms with van der Waals surface area (Å²) in [6.45, 7) is 6.17. The van der Waals surface area contributed by atoms with Crippen molar-refractivity contribution in [3.8, 4) is 11.1 Å². The van der Waals surface area contributed by atoms with Gasteiger partial charge in [0, 0.05) is 73.4 Å². The van der Waals surface area contributed by atoms with Gasteiger partial charge in [-0.2, -0.15) is 0 Å². The van der Waals surface area contributed by atoms with Crippen LogP contribution in [0.25, 0.3) is 22.0 Å². The summed E-state index contributed by atoms with van der Waals surface area (Å²) in [5.74, 6) is -2.52. The van der Waals surface area contributed by atoms with Crippen LogP contribution < -0.4 is 10.5 Å². The number of halogens is 2. The fourth-order valence-electron chi connectivity index (χ4n) is 7.16. The van der Waals surface area contributed by atoms with Crippen molar-refractivity contribution in [2.75, 3.05) is 24.2 Å². The normalized spacial score (nSPS) is 16.1. The molecule has 11 nitrogen and oxygen atoms in total. The van der Waals surface area contributed by atoms with Crippen molar-refractivity contribution in [3.63, 3.8) is 0 Å². The molecule has 6 rings (SSSR count). The molecule has 2 aliphatic rings. The lowest BCUT2D eigenvalue weighted by Crippen LogP contribution is -2.32. The van der Waals surface area contributed by atoms with E-state index in [0.717, 1.165) is 37.8 Å². The van der Waals surface area contributed by atoms with Crippen molar-refractivity contribution >= 4 is 44.1 Å². The number of hydrogen-bond acceptors (Lipinski definition) is 8. The van der Waals surface area contributed by atoms with Crippen LogP contribution in [0.5, 0.6) is 0 Å². The van der Waals surface area contributed by atoms with E-state index >= 15 is 4.39 Å². The lowest BCUT2D eigenvalue weighted by Gasteiger charge is -2.27. The van der Waals surface area contributed by atoms with Crippen LogP contribution in [0.1, 0.15) is 92.5 Å².